The highest BCUT2D eigenvalue weighted by atomic mass is 16.2. The number of nitrogens with zero attached hydrogens (tertiary/aromatic N) is 2. The molecule has 4 heteroatoms. The summed E-state index contributed by atoms with van der Waals surface area (Å²) in [7, 11) is 0. The van der Waals surface area contributed by atoms with E-state index in [1.807, 2.05) is 18.2 Å². The number of amides is 1. The molecule has 0 radical (unpaired) electrons. The van der Waals surface area contributed by atoms with Crippen molar-refractivity contribution >= 4 is 23.1 Å². The summed E-state index contributed by atoms with van der Waals surface area (Å²) in [5.41, 5.74) is 8.65. The van der Waals surface area contributed by atoms with Gasteiger partial charge in [0.2, 0.25) is 0 Å². The van der Waals surface area contributed by atoms with Crippen molar-refractivity contribution in [1.29, 1.82) is 0 Å². The number of carbonyl (C=O) groups excluding carboxylic acids is 1. The van der Waals surface area contributed by atoms with Gasteiger partial charge < -0.3 is 5.32 Å². The summed E-state index contributed by atoms with van der Waals surface area (Å²) in [6.07, 6.45) is 0. The van der Waals surface area contributed by atoms with E-state index in [1.54, 1.807) is 0 Å². The number of nitrogens with one attached hydrogen (secondary N) is 1. The topological polar surface area (TPSA) is 35.4 Å². The molecule has 0 saturated heterocycles. The van der Waals surface area contributed by atoms with Gasteiger partial charge in [0.25, 0.3) is 0 Å². The average molecular weight is 525 g/mol. The van der Waals surface area contributed by atoms with E-state index in [0.29, 0.717) is 30.2 Å². The van der Waals surface area contributed by atoms with Gasteiger partial charge in [-0.1, -0.05) is 122 Å². The van der Waals surface area contributed by atoms with E-state index in [9.17, 15) is 4.79 Å². The highest BCUT2D eigenvalue weighted by Crippen LogP contribution is 2.40. The number of carbonyl (C=O) groups is 1. The molecule has 1 aliphatic rings. The summed E-state index contributed by atoms with van der Waals surface area (Å²) in [6.45, 7) is 20.0. The summed E-state index contributed by atoms with van der Waals surface area (Å²) >= 11 is 0. The van der Waals surface area contributed by atoms with Crippen molar-refractivity contribution < 1.29 is 9.37 Å². The zero-order chi connectivity index (χ0) is 28.3. The van der Waals surface area contributed by atoms with Gasteiger partial charge in [-0.2, -0.15) is 0 Å². The Balaban J connectivity index is 1.96. The van der Waals surface area contributed by atoms with E-state index >= 15 is 0 Å². The first-order valence-electron chi connectivity index (χ1n) is 14.6. The summed E-state index contributed by atoms with van der Waals surface area (Å²) in [4.78, 5) is 16.6. The fourth-order valence-electron chi connectivity index (χ4n) is 5.74. The molecule has 0 spiro atoms. The minimum atomic E-state index is -0.0297. The first-order chi connectivity index (χ1) is 18.6. The van der Waals surface area contributed by atoms with Gasteiger partial charge in [0.05, 0.1) is 0 Å². The van der Waals surface area contributed by atoms with Crippen LogP contribution in [0.5, 0.6) is 0 Å². The van der Waals surface area contributed by atoms with Crippen molar-refractivity contribution in [2.75, 3.05) is 18.0 Å². The van der Waals surface area contributed by atoms with Crippen LogP contribution in [0.1, 0.15) is 107 Å². The van der Waals surface area contributed by atoms with Gasteiger partial charge in [-0.05, 0) is 29.2 Å². The van der Waals surface area contributed by atoms with Crippen LogP contribution in [0, 0.1) is 0 Å². The fraction of sp³-hybridized carbons (Fsp3) is 0.429. The Morgan fingerprint density at radius 1 is 0.718 bits per heavy atom. The monoisotopic (exact) mass is 524 g/mol. The van der Waals surface area contributed by atoms with E-state index < -0.39 is 0 Å². The molecular formula is C35H46N3O+. The molecule has 206 valence electrons. The molecule has 0 saturated carbocycles. The summed E-state index contributed by atoms with van der Waals surface area (Å²) < 4.78 is 2.31. The Hall–Kier alpha value is -3.40. The second-order valence-corrected chi connectivity index (χ2v) is 12.0. The van der Waals surface area contributed by atoms with Crippen molar-refractivity contribution in [2.24, 2.45) is 0 Å². The maximum atomic E-state index is 14.3. The van der Waals surface area contributed by atoms with E-state index in [1.165, 1.54) is 33.6 Å². The first-order valence-corrected chi connectivity index (χ1v) is 14.6. The number of hydrogen-bond acceptors (Lipinski definition) is 2. The molecule has 1 aliphatic heterocycles. The Labute approximate surface area is 235 Å². The van der Waals surface area contributed by atoms with Gasteiger partial charge in [0.15, 0.2) is 0 Å². The van der Waals surface area contributed by atoms with E-state index in [2.05, 4.69) is 119 Å². The zero-order valence-electron chi connectivity index (χ0n) is 25.1. The normalized spacial score (nSPS) is 13.9. The largest absolute Gasteiger partial charge is 0.348 e. The molecule has 0 fully saturated rings. The lowest BCUT2D eigenvalue weighted by Gasteiger charge is -2.23. The number of para-hydroxylation sites is 2. The number of amidine groups is 1. The molecular weight excluding hydrogens is 478 g/mol. The van der Waals surface area contributed by atoms with Crippen molar-refractivity contribution in [3.63, 3.8) is 0 Å². The molecule has 1 amide bonds. The maximum absolute atomic E-state index is 14.3. The quantitative estimate of drug-likeness (QED) is 0.287. The molecule has 0 aliphatic carbocycles. The van der Waals surface area contributed by atoms with E-state index in [-0.39, 0.29) is 5.91 Å². The third-order valence-electron chi connectivity index (χ3n) is 7.78. The molecule has 0 aromatic heterocycles. The third-order valence-corrected chi connectivity index (χ3v) is 7.78. The van der Waals surface area contributed by atoms with Crippen LogP contribution in [-0.4, -0.2) is 29.4 Å². The van der Waals surface area contributed by atoms with Crippen LogP contribution in [-0.2, 0) is 11.3 Å². The molecule has 4 nitrogen and oxygen atoms in total. The minimum Gasteiger partial charge on any atom is -0.341 e. The Morgan fingerprint density at radius 2 is 1.21 bits per heavy atom. The molecule has 0 unspecified atom stereocenters. The predicted molar refractivity (Wildman–Crippen MR) is 165 cm³/mol. The van der Waals surface area contributed by atoms with E-state index in [0.717, 1.165) is 24.5 Å². The molecule has 3 aromatic carbocycles. The second-order valence-electron chi connectivity index (χ2n) is 12.0. The Bertz CT molecular complexity index is 1280. The van der Waals surface area contributed by atoms with Crippen LogP contribution in [0.3, 0.4) is 0 Å². The lowest BCUT2D eigenvalue weighted by molar-refractivity contribution is -0.429. The SMILES string of the molecule is CC(C)c1cccc(C(C)C)c1N1CC[N+](c2c(C(C)C)cccc2C(C)C)=C1C(=O)NCc1ccccc1. The lowest BCUT2D eigenvalue weighted by Crippen LogP contribution is -2.43. The number of hydrogen-bond donors (Lipinski definition) is 1. The highest BCUT2D eigenvalue weighted by molar-refractivity contribution is 6.41. The van der Waals surface area contributed by atoms with Crippen LogP contribution < -0.4 is 10.2 Å². The van der Waals surface area contributed by atoms with Crippen molar-refractivity contribution in [1.82, 2.24) is 5.32 Å². The number of benzene rings is 3. The summed E-state index contributed by atoms with van der Waals surface area (Å²) in [6, 6.07) is 23.4. The Morgan fingerprint density at radius 3 is 1.69 bits per heavy atom. The standard InChI is InChI=1S/C35H45N3O/c1-23(2)28-16-12-17-29(24(3)4)32(28)37-20-21-38(33-30(25(5)6)18-13-19-31(33)26(7)8)35(37)34(39)36-22-27-14-10-9-11-15-27/h9-19,23-26H,20-22H2,1-8H3/p+1. The van der Waals surface area contributed by atoms with Crippen molar-refractivity contribution in [2.45, 2.75) is 85.6 Å². The smallest absolute Gasteiger partial charge is 0.341 e. The first kappa shape index (κ1) is 28.6. The molecule has 0 atom stereocenters. The van der Waals surface area contributed by atoms with Gasteiger partial charge >= 0.3 is 11.7 Å². The maximum Gasteiger partial charge on any atom is 0.348 e. The van der Waals surface area contributed by atoms with Gasteiger partial charge in [0, 0.05) is 28.8 Å². The molecule has 3 aromatic rings. The van der Waals surface area contributed by atoms with Crippen molar-refractivity contribution in [3.8, 4) is 0 Å². The van der Waals surface area contributed by atoms with Gasteiger partial charge in [0.1, 0.15) is 24.5 Å². The molecule has 39 heavy (non-hydrogen) atoms. The van der Waals surface area contributed by atoms with Crippen LogP contribution in [0.15, 0.2) is 66.7 Å². The molecule has 1 N–H and O–H groups in total. The van der Waals surface area contributed by atoms with Gasteiger partial charge in [-0.3, -0.25) is 4.79 Å². The highest BCUT2D eigenvalue weighted by Gasteiger charge is 2.42. The molecule has 1 heterocycles. The predicted octanol–water partition coefficient (Wildman–Crippen LogP) is 8.06. The zero-order valence-corrected chi connectivity index (χ0v) is 25.1. The average Bonchev–Trinajstić information content (AvgIpc) is 3.35. The van der Waals surface area contributed by atoms with Crippen LogP contribution in [0.2, 0.25) is 0 Å². The Kier molecular flexibility index (Phi) is 8.94. The molecule has 4 rings (SSSR count). The van der Waals surface area contributed by atoms with Gasteiger partial charge in [-0.15, -0.1) is 0 Å². The summed E-state index contributed by atoms with van der Waals surface area (Å²) in [5.74, 6) is 2.08. The van der Waals surface area contributed by atoms with Crippen molar-refractivity contribution in [3.05, 3.63) is 94.5 Å². The van der Waals surface area contributed by atoms with Crippen LogP contribution in [0.25, 0.3) is 0 Å². The molecule has 0 bridgehead atoms. The fourth-order valence-corrected chi connectivity index (χ4v) is 5.74. The number of anilines is 1. The van der Waals surface area contributed by atoms with Crippen LogP contribution >= 0.6 is 0 Å². The number of rotatable bonds is 9. The van der Waals surface area contributed by atoms with Gasteiger partial charge in [-0.25, -0.2) is 9.48 Å². The van der Waals surface area contributed by atoms with E-state index in [4.69, 9.17) is 0 Å². The third kappa shape index (κ3) is 5.95. The minimum absolute atomic E-state index is 0.0297. The second kappa shape index (κ2) is 12.2. The summed E-state index contributed by atoms with van der Waals surface area (Å²) in [5, 5.41) is 3.28. The van der Waals surface area contributed by atoms with Crippen LogP contribution in [0.4, 0.5) is 11.4 Å². The lowest BCUT2D eigenvalue weighted by atomic mass is 9.91.